The van der Waals surface area contributed by atoms with Crippen molar-refractivity contribution in [3.63, 3.8) is 0 Å². The largest absolute Gasteiger partial charge is 0.457 e. The topological polar surface area (TPSA) is 69.4 Å². The predicted octanol–water partition coefficient (Wildman–Crippen LogP) is 3.61. The van der Waals surface area contributed by atoms with Gasteiger partial charge in [-0.3, -0.25) is 10.1 Å². The van der Waals surface area contributed by atoms with E-state index in [0.29, 0.717) is 0 Å². The van der Waals surface area contributed by atoms with Crippen LogP contribution < -0.4 is 0 Å². The monoisotopic (exact) mass is 291 g/mol. The third-order valence-corrected chi connectivity index (χ3v) is 2.91. The molecule has 2 aromatic carbocycles. The fourth-order valence-corrected chi connectivity index (χ4v) is 1.84. The van der Waals surface area contributed by atoms with Crippen molar-refractivity contribution >= 4 is 23.3 Å². The van der Waals surface area contributed by atoms with E-state index in [1.807, 2.05) is 30.3 Å². The number of nitro groups is 1. The molecule has 20 heavy (non-hydrogen) atoms. The van der Waals surface area contributed by atoms with Gasteiger partial charge < -0.3 is 4.74 Å². The maximum Gasteiger partial charge on any atom is 0.339 e. The number of halogens is 1. The molecule has 0 heterocycles. The number of non-ortho nitro benzene ring substituents is 1. The zero-order valence-electron chi connectivity index (χ0n) is 10.3. The molecule has 2 aromatic rings. The van der Waals surface area contributed by atoms with Gasteiger partial charge in [0, 0.05) is 12.1 Å². The van der Waals surface area contributed by atoms with Crippen LogP contribution >= 0.6 is 11.6 Å². The molecule has 0 radical (unpaired) electrons. The maximum absolute atomic E-state index is 11.8. The molecule has 0 aliphatic rings. The Kier molecular flexibility index (Phi) is 4.32. The molecule has 0 saturated carbocycles. The second-order valence-electron chi connectivity index (χ2n) is 3.98. The molecule has 0 aliphatic carbocycles. The Morgan fingerprint density at radius 1 is 1.20 bits per heavy atom. The lowest BCUT2D eigenvalue weighted by atomic mass is 10.2. The van der Waals surface area contributed by atoms with Gasteiger partial charge in [-0.1, -0.05) is 41.9 Å². The average Bonchev–Trinajstić information content (AvgIpc) is 2.45. The van der Waals surface area contributed by atoms with E-state index < -0.39 is 10.9 Å². The Bertz CT molecular complexity index is 643. The van der Waals surface area contributed by atoms with Gasteiger partial charge in [-0.25, -0.2) is 4.79 Å². The first-order valence-corrected chi connectivity index (χ1v) is 6.10. The Hall–Kier alpha value is -2.40. The summed E-state index contributed by atoms with van der Waals surface area (Å²) < 4.78 is 5.10. The normalized spacial score (nSPS) is 10.1. The Morgan fingerprint density at radius 2 is 1.90 bits per heavy atom. The second kappa shape index (κ2) is 6.16. The molecule has 0 spiro atoms. The summed E-state index contributed by atoms with van der Waals surface area (Å²) in [7, 11) is 0. The van der Waals surface area contributed by atoms with Crippen molar-refractivity contribution in [2.75, 3.05) is 0 Å². The molecule has 0 bridgehead atoms. The van der Waals surface area contributed by atoms with Crippen LogP contribution in [0.5, 0.6) is 0 Å². The Morgan fingerprint density at radius 3 is 2.50 bits per heavy atom. The number of carbonyl (C=O) groups is 1. The summed E-state index contributed by atoms with van der Waals surface area (Å²) in [5.74, 6) is -0.617. The van der Waals surface area contributed by atoms with Gasteiger partial charge in [-0.15, -0.1) is 0 Å². The number of benzene rings is 2. The lowest BCUT2D eigenvalue weighted by Gasteiger charge is -2.06. The average molecular weight is 292 g/mol. The van der Waals surface area contributed by atoms with Gasteiger partial charge in [0.05, 0.1) is 15.5 Å². The van der Waals surface area contributed by atoms with E-state index in [4.69, 9.17) is 16.3 Å². The highest BCUT2D eigenvalue weighted by molar-refractivity contribution is 6.33. The molecule has 0 N–H and O–H groups in total. The van der Waals surface area contributed by atoms with Crippen LogP contribution in [-0.2, 0) is 11.3 Å². The molecule has 102 valence electrons. The summed E-state index contributed by atoms with van der Waals surface area (Å²) in [6.45, 7) is 0.118. The molecule has 6 heteroatoms. The van der Waals surface area contributed by atoms with Gasteiger partial charge in [0.15, 0.2) is 0 Å². The van der Waals surface area contributed by atoms with E-state index in [2.05, 4.69) is 0 Å². The number of esters is 1. The first-order valence-electron chi connectivity index (χ1n) is 5.73. The summed E-state index contributed by atoms with van der Waals surface area (Å²) >= 11 is 5.84. The molecule has 0 aromatic heterocycles. The number of ether oxygens (including phenoxy) is 1. The lowest BCUT2D eigenvalue weighted by molar-refractivity contribution is -0.384. The van der Waals surface area contributed by atoms with Crippen LogP contribution in [0.1, 0.15) is 15.9 Å². The summed E-state index contributed by atoms with van der Waals surface area (Å²) in [6, 6.07) is 12.8. The minimum absolute atomic E-state index is 0.00254. The van der Waals surface area contributed by atoms with Crippen LogP contribution in [-0.4, -0.2) is 10.9 Å². The number of nitrogens with zero attached hydrogens (tertiary/aromatic N) is 1. The van der Waals surface area contributed by atoms with Crippen LogP contribution in [0.2, 0.25) is 5.02 Å². The number of nitro benzene ring substituents is 1. The van der Waals surface area contributed by atoms with E-state index in [0.717, 1.165) is 11.6 Å². The Labute approximate surface area is 119 Å². The minimum Gasteiger partial charge on any atom is -0.457 e. The number of hydrogen-bond donors (Lipinski definition) is 0. The zero-order valence-corrected chi connectivity index (χ0v) is 11.0. The van der Waals surface area contributed by atoms with E-state index in [1.165, 1.54) is 12.1 Å². The fraction of sp³-hybridized carbons (Fsp3) is 0.0714. The third-order valence-electron chi connectivity index (χ3n) is 2.60. The van der Waals surface area contributed by atoms with Gasteiger partial charge in [-0.2, -0.15) is 0 Å². The van der Waals surface area contributed by atoms with E-state index >= 15 is 0 Å². The number of rotatable bonds is 4. The molecule has 0 unspecified atom stereocenters. The van der Waals surface area contributed by atoms with Crippen LogP contribution in [0.15, 0.2) is 48.5 Å². The minimum atomic E-state index is -0.617. The molecular weight excluding hydrogens is 282 g/mol. The van der Waals surface area contributed by atoms with Gasteiger partial charge in [0.1, 0.15) is 6.61 Å². The van der Waals surface area contributed by atoms with Crippen LogP contribution in [0.3, 0.4) is 0 Å². The van der Waals surface area contributed by atoms with Crippen molar-refractivity contribution in [2.45, 2.75) is 6.61 Å². The third kappa shape index (κ3) is 3.33. The summed E-state index contributed by atoms with van der Waals surface area (Å²) in [5.41, 5.74) is 0.779. The van der Waals surface area contributed by atoms with Crippen molar-refractivity contribution in [1.82, 2.24) is 0 Å². The SMILES string of the molecule is O=C(OCc1ccccc1)c1ccc([N+](=O)[O-])cc1Cl. The summed E-state index contributed by atoms with van der Waals surface area (Å²) in [4.78, 5) is 21.8. The van der Waals surface area contributed by atoms with Crippen molar-refractivity contribution in [3.8, 4) is 0 Å². The summed E-state index contributed by atoms with van der Waals surface area (Å²) in [5, 5.41) is 10.6. The highest BCUT2D eigenvalue weighted by Gasteiger charge is 2.16. The summed E-state index contributed by atoms with van der Waals surface area (Å²) in [6.07, 6.45) is 0. The van der Waals surface area contributed by atoms with Crippen LogP contribution in [0, 0.1) is 10.1 Å². The van der Waals surface area contributed by atoms with E-state index in [1.54, 1.807) is 0 Å². The van der Waals surface area contributed by atoms with Crippen LogP contribution in [0.25, 0.3) is 0 Å². The molecule has 0 fully saturated rings. The van der Waals surface area contributed by atoms with E-state index in [-0.39, 0.29) is 22.9 Å². The zero-order chi connectivity index (χ0) is 14.5. The molecule has 2 rings (SSSR count). The Balaban J connectivity index is 2.08. The molecule has 0 aliphatic heterocycles. The van der Waals surface area contributed by atoms with Crippen molar-refractivity contribution < 1.29 is 14.5 Å². The van der Waals surface area contributed by atoms with Crippen molar-refractivity contribution in [2.24, 2.45) is 0 Å². The lowest BCUT2D eigenvalue weighted by Crippen LogP contribution is -2.06. The molecular formula is C14H10ClNO4. The molecule has 0 atom stereocenters. The van der Waals surface area contributed by atoms with Gasteiger partial charge in [0.25, 0.3) is 5.69 Å². The molecule has 5 nitrogen and oxygen atoms in total. The first-order chi connectivity index (χ1) is 9.58. The molecule has 0 saturated heterocycles. The van der Waals surface area contributed by atoms with Gasteiger partial charge >= 0.3 is 5.97 Å². The van der Waals surface area contributed by atoms with E-state index in [9.17, 15) is 14.9 Å². The standard InChI is InChI=1S/C14H10ClNO4/c15-13-8-11(16(18)19)6-7-12(13)14(17)20-9-10-4-2-1-3-5-10/h1-8H,9H2. The quantitative estimate of drug-likeness (QED) is 0.490. The van der Waals surface area contributed by atoms with Crippen LogP contribution in [0.4, 0.5) is 5.69 Å². The van der Waals surface area contributed by atoms with Crippen molar-refractivity contribution in [3.05, 3.63) is 74.8 Å². The second-order valence-corrected chi connectivity index (χ2v) is 4.39. The number of hydrogen-bond acceptors (Lipinski definition) is 4. The first kappa shape index (κ1) is 14.0. The fourth-order valence-electron chi connectivity index (χ4n) is 1.58. The highest BCUT2D eigenvalue weighted by atomic mass is 35.5. The maximum atomic E-state index is 11.8. The smallest absolute Gasteiger partial charge is 0.339 e. The van der Waals surface area contributed by atoms with Crippen molar-refractivity contribution in [1.29, 1.82) is 0 Å². The highest BCUT2D eigenvalue weighted by Crippen LogP contribution is 2.23. The predicted molar refractivity (Wildman–Crippen MR) is 73.7 cm³/mol. The molecule has 0 amide bonds. The van der Waals surface area contributed by atoms with Gasteiger partial charge in [-0.05, 0) is 11.6 Å². The van der Waals surface area contributed by atoms with Gasteiger partial charge in [0.2, 0.25) is 0 Å². The number of carbonyl (C=O) groups excluding carboxylic acids is 1.